The van der Waals surface area contributed by atoms with E-state index in [-0.39, 0.29) is 5.91 Å². The number of hydrogen-bond acceptors (Lipinski definition) is 4. The van der Waals surface area contributed by atoms with Gasteiger partial charge in [0, 0.05) is 35.6 Å². The third-order valence-electron chi connectivity index (χ3n) is 6.09. The SMILES string of the molecule is NC(=O)c1ccc2c(c1)NC(=O)/C2=C(\Nc1ccc(CNCc2ccccc2)cc1)c1ccccc1. The lowest BCUT2D eigenvalue weighted by Gasteiger charge is -2.15. The molecule has 0 radical (unpaired) electrons. The Hall–Kier alpha value is -4.68. The molecule has 0 bridgehead atoms. The molecule has 178 valence electrons. The number of primary amides is 1. The number of nitrogens with one attached hydrogen (secondary N) is 3. The topological polar surface area (TPSA) is 96.2 Å². The van der Waals surface area contributed by atoms with Crippen molar-refractivity contribution >= 4 is 34.5 Å². The number of hydrogen-bond donors (Lipinski definition) is 4. The largest absolute Gasteiger partial charge is 0.366 e. The van der Waals surface area contributed by atoms with Crippen molar-refractivity contribution in [3.8, 4) is 0 Å². The Kier molecular flexibility index (Phi) is 6.60. The first-order valence-electron chi connectivity index (χ1n) is 11.7. The average Bonchev–Trinajstić information content (AvgIpc) is 3.24. The van der Waals surface area contributed by atoms with Crippen LogP contribution in [0.2, 0.25) is 0 Å². The summed E-state index contributed by atoms with van der Waals surface area (Å²) in [7, 11) is 0. The van der Waals surface area contributed by atoms with Crippen LogP contribution >= 0.6 is 0 Å². The smallest absolute Gasteiger partial charge is 0.258 e. The summed E-state index contributed by atoms with van der Waals surface area (Å²) in [5.41, 5.74) is 12.4. The number of benzene rings is 4. The molecular formula is C30H26N4O2. The zero-order valence-corrected chi connectivity index (χ0v) is 19.6. The minimum atomic E-state index is -0.538. The van der Waals surface area contributed by atoms with Crippen molar-refractivity contribution in [3.05, 3.63) is 131 Å². The molecule has 4 aromatic carbocycles. The summed E-state index contributed by atoms with van der Waals surface area (Å²) in [4.78, 5) is 24.7. The van der Waals surface area contributed by atoms with Gasteiger partial charge in [-0.1, -0.05) is 78.9 Å². The Bertz CT molecular complexity index is 1430. The zero-order chi connectivity index (χ0) is 24.9. The fraction of sp³-hybridized carbons (Fsp3) is 0.0667. The Morgan fingerprint density at radius 3 is 2.06 bits per heavy atom. The number of anilines is 2. The van der Waals surface area contributed by atoms with E-state index in [9.17, 15) is 9.59 Å². The molecule has 6 heteroatoms. The number of carbonyl (C=O) groups excluding carboxylic acids is 2. The van der Waals surface area contributed by atoms with E-state index < -0.39 is 5.91 Å². The van der Waals surface area contributed by atoms with Crippen molar-refractivity contribution in [3.63, 3.8) is 0 Å². The number of fused-ring (bicyclic) bond motifs is 1. The standard InChI is InChI=1S/C30H26N4O2/c31-29(35)23-13-16-25-26(17-23)34-30(36)27(25)28(22-9-5-2-6-10-22)33-24-14-11-21(12-15-24)19-32-18-20-7-3-1-4-8-20/h1-17,32-33H,18-19H2,(H2,31,35)(H,34,36)/b28-27-. The van der Waals surface area contributed by atoms with E-state index in [4.69, 9.17) is 5.73 Å². The van der Waals surface area contributed by atoms with E-state index in [0.29, 0.717) is 22.5 Å². The maximum absolute atomic E-state index is 13.1. The van der Waals surface area contributed by atoms with Crippen molar-refractivity contribution in [1.82, 2.24) is 5.32 Å². The van der Waals surface area contributed by atoms with Crippen LogP contribution in [0.5, 0.6) is 0 Å². The Morgan fingerprint density at radius 2 is 1.39 bits per heavy atom. The molecule has 0 aromatic heterocycles. The predicted octanol–water partition coefficient (Wildman–Crippen LogP) is 5.01. The average molecular weight is 475 g/mol. The summed E-state index contributed by atoms with van der Waals surface area (Å²) in [6.07, 6.45) is 0. The van der Waals surface area contributed by atoms with Gasteiger partial charge >= 0.3 is 0 Å². The molecule has 1 heterocycles. The summed E-state index contributed by atoms with van der Waals surface area (Å²) in [6.45, 7) is 1.55. The van der Waals surface area contributed by atoms with Gasteiger partial charge in [0.1, 0.15) is 0 Å². The first-order valence-corrected chi connectivity index (χ1v) is 11.7. The lowest BCUT2D eigenvalue weighted by Crippen LogP contribution is -2.12. The quantitative estimate of drug-likeness (QED) is 0.270. The first kappa shape index (κ1) is 23.1. The predicted molar refractivity (Wildman–Crippen MR) is 144 cm³/mol. The van der Waals surface area contributed by atoms with E-state index in [0.717, 1.165) is 35.5 Å². The Balaban J connectivity index is 1.41. The van der Waals surface area contributed by atoms with Gasteiger partial charge in [0.2, 0.25) is 5.91 Å². The van der Waals surface area contributed by atoms with E-state index in [1.165, 1.54) is 5.56 Å². The minimum absolute atomic E-state index is 0.236. The van der Waals surface area contributed by atoms with Crippen molar-refractivity contribution in [2.45, 2.75) is 13.1 Å². The second-order valence-electron chi connectivity index (χ2n) is 8.61. The van der Waals surface area contributed by atoms with Crippen LogP contribution in [0, 0.1) is 0 Å². The molecule has 1 aliphatic rings. The van der Waals surface area contributed by atoms with Gasteiger partial charge in [0.25, 0.3) is 5.91 Å². The van der Waals surface area contributed by atoms with E-state index in [1.807, 2.05) is 60.7 Å². The molecule has 1 aliphatic heterocycles. The van der Waals surface area contributed by atoms with E-state index in [2.05, 4.69) is 40.2 Å². The van der Waals surface area contributed by atoms with Crippen LogP contribution < -0.4 is 21.7 Å². The van der Waals surface area contributed by atoms with E-state index >= 15 is 0 Å². The van der Waals surface area contributed by atoms with Crippen molar-refractivity contribution in [2.75, 3.05) is 10.6 Å². The summed E-state index contributed by atoms with van der Waals surface area (Å²) >= 11 is 0. The maximum Gasteiger partial charge on any atom is 0.258 e. The Morgan fingerprint density at radius 1 is 0.750 bits per heavy atom. The van der Waals surface area contributed by atoms with Gasteiger partial charge in [-0.05, 0) is 41.0 Å². The summed E-state index contributed by atoms with van der Waals surface area (Å²) < 4.78 is 0. The van der Waals surface area contributed by atoms with Crippen LogP contribution in [0.3, 0.4) is 0 Å². The third kappa shape index (κ3) is 5.04. The summed E-state index contributed by atoms with van der Waals surface area (Å²) in [6, 6.07) is 33.2. The first-order chi connectivity index (χ1) is 17.6. The molecule has 0 spiro atoms. The van der Waals surface area contributed by atoms with Gasteiger partial charge in [-0.2, -0.15) is 0 Å². The van der Waals surface area contributed by atoms with Gasteiger partial charge in [-0.3, -0.25) is 9.59 Å². The normalized spacial score (nSPS) is 13.6. The lowest BCUT2D eigenvalue weighted by atomic mass is 9.99. The molecule has 4 aromatic rings. The lowest BCUT2D eigenvalue weighted by molar-refractivity contribution is -0.110. The van der Waals surface area contributed by atoms with E-state index in [1.54, 1.807) is 18.2 Å². The van der Waals surface area contributed by atoms with Crippen molar-refractivity contribution < 1.29 is 9.59 Å². The van der Waals surface area contributed by atoms with Crippen LogP contribution in [0.1, 0.15) is 32.6 Å². The molecule has 0 unspecified atom stereocenters. The van der Waals surface area contributed by atoms with Crippen LogP contribution in [-0.2, 0) is 17.9 Å². The van der Waals surface area contributed by atoms with Gasteiger partial charge in [-0.25, -0.2) is 0 Å². The summed E-state index contributed by atoms with van der Waals surface area (Å²) in [5.74, 6) is -0.774. The summed E-state index contributed by atoms with van der Waals surface area (Å²) in [5, 5.41) is 9.80. The molecule has 0 saturated heterocycles. The molecule has 5 N–H and O–H groups in total. The van der Waals surface area contributed by atoms with Crippen molar-refractivity contribution in [1.29, 1.82) is 0 Å². The number of rotatable bonds is 8. The molecule has 36 heavy (non-hydrogen) atoms. The van der Waals surface area contributed by atoms with Gasteiger partial charge < -0.3 is 21.7 Å². The molecule has 0 aliphatic carbocycles. The van der Waals surface area contributed by atoms with Gasteiger partial charge in [-0.15, -0.1) is 0 Å². The van der Waals surface area contributed by atoms with Gasteiger partial charge in [0.05, 0.1) is 11.3 Å². The highest BCUT2D eigenvalue weighted by Crippen LogP contribution is 2.38. The minimum Gasteiger partial charge on any atom is -0.366 e. The Labute approximate surface area is 209 Å². The van der Waals surface area contributed by atoms with Gasteiger partial charge in [0.15, 0.2) is 0 Å². The van der Waals surface area contributed by atoms with Crippen LogP contribution in [-0.4, -0.2) is 11.8 Å². The number of amides is 2. The highest BCUT2D eigenvalue weighted by Gasteiger charge is 2.29. The third-order valence-corrected chi connectivity index (χ3v) is 6.09. The van der Waals surface area contributed by atoms with Crippen LogP contribution in [0.4, 0.5) is 11.4 Å². The fourth-order valence-corrected chi connectivity index (χ4v) is 4.26. The highest BCUT2D eigenvalue weighted by molar-refractivity contribution is 6.37. The molecule has 0 fully saturated rings. The van der Waals surface area contributed by atoms with Crippen LogP contribution in [0.15, 0.2) is 103 Å². The highest BCUT2D eigenvalue weighted by atomic mass is 16.2. The number of carbonyl (C=O) groups is 2. The maximum atomic E-state index is 13.1. The molecule has 0 saturated carbocycles. The molecular weight excluding hydrogens is 448 g/mol. The van der Waals surface area contributed by atoms with Crippen LogP contribution in [0.25, 0.3) is 11.3 Å². The molecule has 2 amide bonds. The molecule has 5 rings (SSSR count). The second kappa shape index (κ2) is 10.3. The number of nitrogens with two attached hydrogens (primary N) is 1. The molecule has 0 atom stereocenters. The monoisotopic (exact) mass is 474 g/mol. The second-order valence-corrected chi connectivity index (χ2v) is 8.61. The van der Waals surface area contributed by atoms with Crippen molar-refractivity contribution in [2.24, 2.45) is 5.73 Å². The zero-order valence-electron chi connectivity index (χ0n) is 19.6. The fourth-order valence-electron chi connectivity index (χ4n) is 4.26. The molecule has 6 nitrogen and oxygen atoms in total.